The number of aliphatic hydroxyl groups excluding tert-OH is 1. The molecular formula is C19H26N2O6. The van der Waals surface area contributed by atoms with Gasteiger partial charge in [0.1, 0.15) is 18.0 Å². The number of nitrogens with zero attached hydrogens (tertiary/aromatic N) is 2. The van der Waals surface area contributed by atoms with E-state index < -0.39 is 18.4 Å². The minimum absolute atomic E-state index is 0.227. The van der Waals surface area contributed by atoms with Crippen LogP contribution in [0.15, 0.2) is 12.1 Å². The summed E-state index contributed by atoms with van der Waals surface area (Å²) < 4.78 is 16.1. The molecule has 0 saturated carbocycles. The third-order valence-electron chi connectivity index (χ3n) is 5.15. The fourth-order valence-corrected chi connectivity index (χ4v) is 4.02. The summed E-state index contributed by atoms with van der Waals surface area (Å²) in [4.78, 5) is 27.9. The van der Waals surface area contributed by atoms with Crippen LogP contribution in [0.3, 0.4) is 0 Å². The smallest absolute Gasteiger partial charge is 0.412 e. The summed E-state index contributed by atoms with van der Waals surface area (Å²) in [6.07, 6.45) is -1.85. The van der Waals surface area contributed by atoms with E-state index in [0.717, 1.165) is 16.0 Å². The first-order valence-corrected chi connectivity index (χ1v) is 9.00. The van der Waals surface area contributed by atoms with Crippen molar-refractivity contribution >= 4 is 12.0 Å². The molecule has 1 aromatic carbocycles. The van der Waals surface area contributed by atoms with E-state index in [1.54, 1.807) is 33.0 Å². The highest BCUT2D eigenvalue weighted by molar-refractivity contribution is 5.85. The zero-order valence-electron chi connectivity index (χ0n) is 16.3. The quantitative estimate of drug-likeness (QED) is 0.861. The Bertz CT molecular complexity index is 750. The first-order valence-electron chi connectivity index (χ1n) is 9.00. The minimum atomic E-state index is -1.17. The van der Waals surface area contributed by atoms with Gasteiger partial charge < -0.3 is 24.2 Å². The third kappa shape index (κ3) is 3.18. The van der Waals surface area contributed by atoms with Crippen LogP contribution in [0.25, 0.3) is 0 Å². The number of fused-ring (bicyclic) bond motifs is 2. The summed E-state index contributed by atoms with van der Waals surface area (Å²) >= 11 is 0. The molecule has 27 heavy (non-hydrogen) atoms. The molecule has 1 fully saturated rings. The van der Waals surface area contributed by atoms with Gasteiger partial charge in [0.15, 0.2) is 6.23 Å². The number of ether oxygens (including phenoxy) is 3. The molecule has 2 amide bonds. The zero-order valence-corrected chi connectivity index (χ0v) is 16.3. The van der Waals surface area contributed by atoms with E-state index >= 15 is 0 Å². The number of piperazine rings is 1. The van der Waals surface area contributed by atoms with Gasteiger partial charge in [-0.3, -0.25) is 9.69 Å². The number of carbonyl (C=O) groups excluding carboxylic acids is 2. The summed E-state index contributed by atoms with van der Waals surface area (Å²) in [6.45, 7) is 5.10. The Morgan fingerprint density at radius 2 is 1.85 bits per heavy atom. The van der Waals surface area contributed by atoms with Gasteiger partial charge in [0.2, 0.25) is 5.91 Å². The van der Waals surface area contributed by atoms with E-state index in [-0.39, 0.29) is 24.6 Å². The summed E-state index contributed by atoms with van der Waals surface area (Å²) in [5, 5.41) is 10.9. The topological polar surface area (TPSA) is 88.5 Å². The molecule has 3 atom stereocenters. The Morgan fingerprint density at radius 3 is 2.44 bits per heavy atom. The fourth-order valence-electron chi connectivity index (χ4n) is 4.02. The van der Waals surface area contributed by atoms with Crippen LogP contribution in [-0.2, 0) is 16.0 Å². The average Bonchev–Trinajstić information content (AvgIpc) is 2.62. The lowest BCUT2D eigenvalue weighted by atomic mass is 9.85. The molecule has 0 aromatic heterocycles. The van der Waals surface area contributed by atoms with Crippen molar-refractivity contribution < 1.29 is 28.9 Å². The Morgan fingerprint density at radius 1 is 1.22 bits per heavy atom. The van der Waals surface area contributed by atoms with Crippen molar-refractivity contribution in [2.24, 2.45) is 0 Å². The van der Waals surface area contributed by atoms with Gasteiger partial charge in [0.05, 0.1) is 32.4 Å². The van der Waals surface area contributed by atoms with Crippen molar-refractivity contribution in [1.29, 1.82) is 0 Å². The van der Waals surface area contributed by atoms with E-state index in [1.165, 1.54) is 0 Å². The molecule has 0 bridgehead atoms. The van der Waals surface area contributed by atoms with Crippen LogP contribution in [-0.4, -0.2) is 66.0 Å². The number of aliphatic hydroxyl groups is 1. The first kappa shape index (κ1) is 19.3. The van der Waals surface area contributed by atoms with Crippen molar-refractivity contribution in [3.8, 4) is 11.5 Å². The largest absolute Gasteiger partial charge is 0.496 e. The van der Waals surface area contributed by atoms with Crippen molar-refractivity contribution in [1.82, 2.24) is 9.80 Å². The fraction of sp³-hybridized carbons (Fsp3) is 0.579. The minimum Gasteiger partial charge on any atom is -0.496 e. The number of rotatable bonds is 3. The molecular weight excluding hydrogens is 352 g/mol. The van der Waals surface area contributed by atoms with Gasteiger partial charge in [0, 0.05) is 17.5 Å². The van der Waals surface area contributed by atoms with Crippen LogP contribution in [0, 0.1) is 0 Å². The maximum atomic E-state index is 12.8. The molecule has 2 heterocycles. The van der Waals surface area contributed by atoms with E-state index in [4.69, 9.17) is 14.2 Å². The number of hydrogen-bond donors (Lipinski definition) is 1. The summed E-state index contributed by atoms with van der Waals surface area (Å²) in [6, 6.07) is 2.71. The molecule has 8 heteroatoms. The van der Waals surface area contributed by atoms with Crippen LogP contribution >= 0.6 is 0 Å². The monoisotopic (exact) mass is 378 g/mol. The summed E-state index contributed by atoms with van der Waals surface area (Å²) in [5.41, 5.74) is 1.74. The Balaban J connectivity index is 2.01. The molecule has 148 valence electrons. The maximum Gasteiger partial charge on any atom is 0.412 e. The van der Waals surface area contributed by atoms with Crippen LogP contribution in [0.4, 0.5) is 4.79 Å². The van der Waals surface area contributed by atoms with E-state index in [9.17, 15) is 14.7 Å². The molecule has 0 radical (unpaired) electrons. The molecule has 0 spiro atoms. The lowest BCUT2D eigenvalue weighted by molar-refractivity contribution is -0.161. The van der Waals surface area contributed by atoms with Gasteiger partial charge in [-0.25, -0.2) is 4.79 Å². The van der Waals surface area contributed by atoms with Gasteiger partial charge in [-0.05, 0) is 32.9 Å². The molecule has 1 N–H and O–H groups in total. The molecule has 2 aliphatic heterocycles. The van der Waals surface area contributed by atoms with Gasteiger partial charge in [-0.2, -0.15) is 0 Å². The van der Waals surface area contributed by atoms with Crippen LogP contribution < -0.4 is 9.47 Å². The van der Waals surface area contributed by atoms with Crippen molar-refractivity contribution in [3.63, 3.8) is 0 Å². The molecule has 2 aliphatic rings. The van der Waals surface area contributed by atoms with Crippen molar-refractivity contribution in [2.75, 3.05) is 20.8 Å². The van der Waals surface area contributed by atoms with Crippen molar-refractivity contribution in [3.05, 3.63) is 23.3 Å². The molecule has 8 nitrogen and oxygen atoms in total. The Hall–Kier alpha value is -2.48. The Kier molecular flexibility index (Phi) is 5.19. The second-order valence-corrected chi connectivity index (χ2v) is 7.08. The maximum absolute atomic E-state index is 12.8. The van der Waals surface area contributed by atoms with E-state index in [0.29, 0.717) is 17.9 Å². The SMILES string of the molecule is COc1ccc(OC)c2c1C[C@@H]1C(O)N(C(=O)OC(C)C)CC(=O)N1[C@H]2C. The Labute approximate surface area is 158 Å². The molecule has 0 aliphatic carbocycles. The van der Waals surface area contributed by atoms with Gasteiger partial charge >= 0.3 is 6.09 Å². The predicted molar refractivity (Wildman–Crippen MR) is 96.6 cm³/mol. The van der Waals surface area contributed by atoms with Crippen LogP contribution in [0.5, 0.6) is 11.5 Å². The number of hydrogen-bond acceptors (Lipinski definition) is 6. The van der Waals surface area contributed by atoms with E-state index in [2.05, 4.69) is 0 Å². The van der Waals surface area contributed by atoms with Crippen LogP contribution in [0.2, 0.25) is 0 Å². The van der Waals surface area contributed by atoms with Gasteiger partial charge in [-0.1, -0.05) is 0 Å². The van der Waals surface area contributed by atoms with Crippen molar-refractivity contribution in [2.45, 2.75) is 51.6 Å². The summed E-state index contributed by atoms with van der Waals surface area (Å²) in [5.74, 6) is 1.09. The third-order valence-corrected chi connectivity index (χ3v) is 5.15. The normalized spacial score (nSPS) is 24.4. The van der Waals surface area contributed by atoms with Gasteiger partial charge in [-0.15, -0.1) is 0 Å². The predicted octanol–water partition coefficient (Wildman–Crippen LogP) is 1.70. The second-order valence-electron chi connectivity index (χ2n) is 7.08. The number of amides is 2. The average molecular weight is 378 g/mol. The first-order chi connectivity index (χ1) is 12.8. The number of carbonyl (C=O) groups is 2. The van der Waals surface area contributed by atoms with E-state index in [1.807, 2.05) is 19.1 Å². The highest BCUT2D eigenvalue weighted by Gasteiger charge is 2.48. The molecule has 1 aromatic rings. The van der Waals surface area contributed by atoms with Gasteiger partial charge in [0.25, 0.3) is 0 Å². The second kappa shape index (κ2) is 7.26. The lowest BCUT2D eigenvalue weighted by Crippen LogP contribution is -2.65. The zero-order chi connectivity index (χ0) is 19.9. The number of benzene rings is 1. The highest BCUT2D eigenvalue weighted by Crippen LogP contribution is 2.44. The van der Waals surface area contributed by atoms with Crippen LogP contribution in [0.1, 0.15) is 37.9 Å². The molecule has 3 rings (SSSR count). The lowest BCUT2D eigenvalue weighted by Gasteiger charge is -2.50. The summed E-state index contributed by atoms with van der Waals surface area (Å²) in [7, 11) is 3.16. The highest BCUT2D eigenvalue weighted by atomic mass is 16.6. The standard InChI is InChI=1S/C19H26N2O6/c1-10(2)27-19(24)20-9-16(22)21-11(3)17-12(8-13(21)18(20)23)14(25-4)6-7-15(17)26-5/h6-7,10-11,13,18,23H,8-9H2,1-5H3/t11-,13+,18?/m0/s1. The molecule has 1 saturated heterocycles. The number of methoxy groups -OCH3 is 2. The molecule has 1 unspecified atom stereocenters.